The van der Waals surface area contributed by atoms with Gasteiger partial charge in [0.1, 0.15) is 6.04 Å². The van der Waals surface area contributed by atoms with Crippen molar-refractivity contribution in [2.24, 2.45) is 0 Å². The van der Waals surface area contributed by atoms with Crippen molar-refractivity contribution in [1.82, 2.24) is 15.6 Å². The molecule has 0 saturated carbocycles. The Balaban J connectivity index is 2.42. The fraction of sp³-hybridized carbons (Fsp3) is 0.417. The smallest absolute Gasteiger partial charge is 0.326 e. The number of hydrogen-bond donors (Lipinski definition) is 3. The highest BCUT2D eigenvalue weighted by molar-refractivity contribution is 5.82. The first-order chi connectivity index (χ1) is 9.06. The first-order valence-electron chi connectivity index (χ1n) is 5.83. The van der Waals surface area contributed by atoms with Crippen LogP contribution in [-0.4, -0.2) is 35.2 Å². The number of amides is 2. The Labute approximate surface area is 111 Å². The molecule has 0 radical (unpaired) electrons. The zero-order valence-electron chi connectivity index (χ0n) is 10.8. The van der Waals surface area contributed by atoms with Crippen molar-refractivity contribution in [2.75, 3.05) is 7.11 Å². The van der Waals surface area contributed by atoms with Crippen molar-refractivity contribution < 1.29 is 19.4 Å². The SMILES string of the molecule is CC[C@@H](NC(=O)NCc1ccc(OC)nc1)C(=O)O. The second kappa shape index (κ2) is 7.20. The van der Waals surface area contributed by atoms with E-state index in [1.807, 2.05) is 0 Å². The first-order valence-corrected chi connectivity index (χ1v) is 5.83. The lowest BCUT2D eigenvalue weighted by Crippen LogP contribution is -2.45. The Morgan fingerprint density at radius 2 is 2.21 bits per heavy atom. The van der Waals surface area contributed by atoms with Crippen LogP contribution in [0.3, 0.4) is 0 Å². The van der Waals surface area contributed by atoms with Gasteiger partial charge in [-0.05, 0) is 12.0 Å². The fourth-order valence-electron chi connectivity index (χ4n) is 1.37. The molecule has 0 spiro atoms. The molecule has 1 aromatic rings. The first kappa shape index (κ1) is 14.7. The Kier molecular flexibility index (Phi) is 5.59. The number of nitrogens with zero attached hydrogens (tertiary/aromatic N) is 1. The van der Waals surface area contributed by atoms with Gasteiger partial charge in [0.15, 0.2) is 0 Å². The van der Waals surface area contributed by atoms with Gasteiger partial charge in [0.2, 0.25) is 5.88 Å². The van der Waals surface area contributed by atoms with E-state index in [2.05, 4.69) is 15.6 Å². The number of rotatable bonds is 6. The van der Waals surface area contributed by atoms with E-state index >= 15 is 0 Å². The number of carboxylic acids is 1. The molecule has 0 aliphatic carbocycles. The highest BCUT2D eigenvalue weighted by Gasteiger charge is 2.16. The number of carboxylic acid groups (broad SMARTS) is 1. The van der Waals surface area contributed by atoms with E-state index in [0.717, 1.165) is 5.56 Å². The Hall–Kier alpha value is -2.31. The number of urea groups is 1. The van der Waals surface area contributed by atoms with Crippen LogP contribution in [0.25, 0.3) is 0 Å². The van der Waals surface area contributed by atoms with Gasteiger partial charge in [-0.25, -0.2) is 14.6 Å². The van der Waals surface area contributed by atoms with Gasteiger partial charge in [0, 0.05) is 18.8 Å². The Bertz CT molecular complexity index is 433. The van der Waals surface area contributed by atoms with Crippen molar-refractivity contribution in [2.45, 2.75) is 25.9 Å². The molecular formula is C12H17N3O4. The number of aromatic nitrogens is 1. The molecule has 0 aliphatic heterocycles. The largest absolute Gasteiger partial charge is 0.481 e. The van der Waals surface area contributed by atoms with Gasteiger partial charge in [-0.3, -0.25) is 0 Å². The maximum atomic E-state index is 11.5. The van der Waals surface area contributed by atoms with E-state index in [1.165, 1.54) is 7.11 Å². The highest BCUT2D eigenvalue weighted by atomic mass is 16.5. The molecule has 1 heterocycles. The van der Waals surface area contributed by atoms with E-state index in [-0.39, 0.29) is 6.54 Å². The molecule has 7 heteroatoms. The molecule has 0 bridgehead atoms. The highest BCUT2D eigenvalue weighted by Crippen LogP contribution is 2.06. The van der Waals surface area contributed by atoms with E-state index < -0.39 is 18.0 Å². The number of carbonyl (C=O) groups excluding carboxylic acids is 1. The predicted octanol–water partition coefficient (Wildman–Crippen LogP) is 0.753. The standard InChI is InChI=1S/C12H17N3O4/c1-3-9(11(16)17)15-12(18)14-7-8-4-5-10(19-2)13-6-8/h4-6,9H,3,7H2,1-2H3,(H,16,17)(H2,14,15,18)/t9-/m1/s1. The summed E-state index contributed by atoms with van der Waals surface area (Å²) in [5.41, 5.74) is 0.791. The molecule has 0 aliphatic rings. The summed E-state index contributed by atoms with van der Waals surface area (Å²) in [6, 6.07) is 2.04. The maximum Gasteiger partial charge on any atom is 0.326 e. The van der Waals surface area contributed by atoms with Crippen LogP contribution in [0.4, 0.5) is 4.79 Å². The molecule has 0 fully saturated rings. The number of pyridine rings is 1. The Morgan fingerprint density at radius 3 is 2.68 bits per heavy atom. The zero-order chi connectivity index (χ0) is 14.3. The number of ether oxygens (including phenoxy) is 1. The average Bonchev–Trinajstić information content (AvgIpc) is 2.42. The summed E-state index contributed by atoms with van der Waals surface area (Å²) in [6.45, 7) is 1.95. The summed E-state index contributed by atoms with van der Waals surface area (Å²) in [6.07, 6.45) is 1.90. The number of nitrogens with one attached hydrogen (secondary N) is 2. The van der Waals surface area contributed by atoms with Crippen LogP contribution in [0, 0.1) is 0 Å². The summed E-state index contributed by atoms with van der Waals surface area (Å²) >= 11 is 0. The molecular weight excluding hydrogens is 250 g/mol. The quantitative estimate of drug-likeness (QED) is 0.706. The molecule has 0 unspecified atom stereocenters. The molecule has 1 atom stereocenters. The van der Waals surface area contributed by atoms with Gasteiger partial charge in [-0.15, -0.1) is 0 Å². The second-order valence-corrected chi connectivity index (χ2v) is 3.83. The number of hydrogen-bond acceptors (Lipinski definition) is 4. The van der Waals surface area contributed by atoms with Gasteiger partial charge in [0.05, 0.1) is 7.11 Å². The van der Waals surface area contributed by atoms with E-state index in [9.17, 15) is 9.59 Å². The lowest BCUT2D eigenvalue weighted by Gasteiger charge is -2.13. The van der Waals surface area contributed by atoms with Gasteiger partial charge in [-0.1, -0.05) is 13.0 Å². The summed E-state index contributed by atoms with van der Waals surface area (Å²) in [5, 5.41) is 13.7. The molecule has 19 heavy (non-hydrogen) atoms. The number of methoxy groups -OCH3 is 1. The second-order valence-electron chi connectivity index (χ2n) is 3.83. The third-order valence-electron chi connectivity index (χ3n) is 2.47. The van der Waals surface area contributed by atoms with Gasteiger partial charge in [0.25, 0.3) is 0 Å². The Morgan fingerprint density at radius 1 is 1.47 bits per heavy atom. The third-order valence-corrected chi connectivity index (χ3v) is 2.47. The van der Waals surface area contributed by atoms with Gasteiger partial charge in [-0.2, -0.15) is 0 Å². The molecule has 1 rings (SSSR count). The summed E-state index contributed by atoms with van der Waals surface area (Å²) in [5.74, 6) is -0.561. The summed E-state index contributed by atoms with van der Waals surface area (Å²) < 4.78 is 4.91. The van der Waals surface area contributed by atoms with E-state index in [1.54, 1.807) is 25.3 Å². The van der Waals surface area contributed by atoms with E-state index in [4.69, 9.17) is 9.84 Å². The molecule has 7 nitrogen and oxygen atoms in total. The van der Waals surface area contributed by atoms with Crippen molar-refractivity contribution in [3.05, 3.63) is 23.9 Å². The van der Waals surface area contributed by atoms with Crippen LogP contribution >= 0.6 is 0 Å². The molecule has 0 aromatic carbocycles. The zero-order valence-corrected chi connectivity index (χ0v) is 10.8. The lowest BCUT2D eigenvalue weighted by atomic mass is 10.2. The number of carbonyl (C=O) groups is 2. The lowest BCUT2D eigenvalue weighted by molar-refractivity contribution is -0.139. The van der Waals surface area contributed by atoms with Crippen LogP contribution < -0.4 is 15.4 Å². The normalized spacial score (nSPS) is 11.5. The van der Waals surface area contributed by atoms with Crippen molar-refractivity contribution >= 4 is 12.0 Å². The molecule has 104 valence electrons. The van der Waals surface area contributed by atoms with Crippen molar-refractivity contribution in [1.29, 1.82) is 0 Å². The summed E-state index contributed by atoms with van der Waals surface area (Å²) in [7, 11) is 1.52. The number of aliphatic carboxylic acids is 1. The topological polar surface area (TPSA) is 101 Å². The van der Waals surface area contributed by atoms with Crippen LogP contribution in [0.15, 0.2) is 18.3 Å². The maximum absolute atomic E-state index is 11.5. The monoisotopic (exact) mass is 267 g/mol. The minimum Gasteiger partial charge on any atom is -0.481 e. The predicted molar refractivity (Wildman–Crippen MR) is 67.9 cm³/mol. The molecule has 2 amide bonds. The van der Waals surface area contributed by atoms with E-state index in [0.29, 0.717) is 12.3 Å². The average molecular weight is 267 g/mol. The third kappa shape index (κ3) is 4.82. The minimum atomic E-state index is -1.05. The molecule has 1 aromatic heterocycles. The van der Waals surface area contributed by atoms with Gasteiger partial charge >= 0.3 is 12.0 Å². The molecule has 3 N–H and O–H groups in total. The summed E-state index contributed by atoms with van der Waals surface area (Å²) in [4.78, 5) is 26.2. The van der Waals surface area contributed by atoms with Crippen molar-refractivity contribution in [3.63, 3.8) is 0 Å². The minimum absolute atomic E-state index is 0.263. The van der Waals surface area contributed by atoms with Crippen molar-refractivity contribution in [3.8, 4) is 5.88 Å². The van der Waals surface area contributed by atoms with Crippen LogP contribution in [0.5, 0.6) is 5.88 Å². The van der Waals surface area contributed by atoms with Crippen LogP contribution in [0.1, 0.15) is 18.9 Å². The van der Waals surface area contributed by atoms with Crippen LogP contribution in [0.2, 0.25) is 0 Å². The van der Waals surface area contributed by atoms with Crippen LogP contribution in [-0.2, 0) is 11.3 Å². The van der Waals surface area contributed by atoms with Gasteiger partial charge < -0.3 is 20.5 Å². The molecule has 0 saturated heterocycles. The fourth-order valence-corrected chi connectivity index (χ4v) is 1.37.